The van der Waals surface area contributed by atoms with E-state index in [4.69, 9.17) is 0 Å². The lowest BCUT2D eigenvalue weighted by Gasteiger charge is -2.13. The molecule has 1 aromatic rings. The van der Waals surface area contributed by atoms with Crippen LogP contribution in [-0.2, 0) is 5.41 Å². The Labute approximate surface area is 76.6 Å². The first-order valence-electron chi connectivity index (χ1n) is 4.01. The van der Waals surface area contributed by atoms with Crippen molar-refractivity contribution >= 4 is 11.1 Å². The summed E-state index contributed by atoms with van der Waals surface area (Å²) in [6.07, 6.45) is 6.37. The maximum absolute atomic E-state index is 4.14. The maximum Gasteiger partial charge on any atom is 0.0890 e. The number of aromatic nitrogens is 3. The lowest BCUT2D eigenvalue weighted by atomic mass is 9.93. The summed E-state index contributed by atoms with van der Waals surface area (Å²) in [6, 6.07) is 0. The van der Waals surface area contributed by atoms with Gasteiger partial charge in [-0.05, 0) is 12.5 Å². The molecule has 0 spiro atoms. The van der Waals surface area contributed by atoms with Crippen LogP contribution >= 0.6 is 11.1 Å². The van der Waals surface area contributed by atoms with Crippen molar-refractivity contribution in [3.63, 3.8) is 0 Å². The predicted octanol–water partition coefficient (Wildman–Crippen LogP) is 1.60. The van der Waals surface area contributed by atoms with E-state index < -0.39 is 0 Å². The Bertz CT molecular complexity index is 260. The maximum atomic E-state index is 4.14. The molecule has 1 rings (SSSR count). The van der Waals surface area contributed by atoms with Crippen LogP contribution < -0.4 is 0 Å². The van der Waals surface area contributed by atoms with E-state index >= 15 is 0 Å². The van der Waals surface area contributed by atoms with Gasteiger partial charge in [0.2, 0.25) is 0 Å². The SMILES string of the molecule is C[SH](C)n1cc(C(C)(C)C)nn1. The quantitative estimate of drug-likeness (QED) is 0.677. The highest BCUT2D eigenvalue weighted by atomic mass is 32.2. The van der Waals surface area contributed by atoms with Crippen LogP contribution in [0.1, 0.15) is 26.5 Å². The van der Waals surface area contributed by atoms with Crippen molar-refractivity contribution in [2.75, 3.05) is 12.5 Å². The van der Waals surface area contributed by atoms with Gasteiger partial charge in [0.15, 0.2) is 0 Å². The monoisotopic (exact) mass is 187 g/mol. The Morgan fingerprint density at radius 1 is 1.33 bits per heavy atom. The summed E-state index contributed by atoms with van der Waals surface area (Å²) < 4.78 is 1.95. The minimum absolute atomic E-state index is 0.115. The van der Waals surface area contributed by atoms with Crippen molar-refractivity contribution in [2.24, 2.45) is 0 Å². The molecule has 0 amide bonds. The first-order valence-corrected chi connectivity index (χ1v) is 6.20. The largest absolute Gasteiger partial charge is 0.216 e. The third-order valence-electron chi connectivity index (χ3n) is 1.66. The molecule has 0 radical (unpaired) electrons. The van der Waals surface area contributed by atoms with E-state index in [0.717, 1.165) is 5.69 Å². The number of hydrogen-bond donors (Lipinski definition) is 1. The van der Waals surface area contributed by atoms with Crippen LogP contribution in [0.5, 0.6) is 0 Å². The summed E-state index contributed by atoms with van der Waals surface area (Å²) >= 11 is -0.179. The zero-order valence-electron chi connectivity index (χ0n) is 8.37. The molecule has 0 aromatic carbocycles. The average molecular weight is 187 g/mol. The van der Waals surface area contributed by atoms with Crippen LogP contribution in [0.2, 0.25) is 0 Å². The van der Waals surface area contributed by atoms with Crippen LogP contribution in [0.15, 0.2) is 6.20 Å². The minimum atomic E-state index is -0.179. The first-order chi connectivity index (χ1) is 5.41. The van der Waals surface area contributed by atoms with Crippen molar-refractivity contribution in [3.8, 4) is 0 Å². The number of rotatable bonds is 1. The summed E-state index contributed by atoms with van der Waals surface area (Å²) in [5.74, 6) is 0. The summed E-state index contributed by atoms with van der Waals surface area (Å²) in [7, 11) is 0. The molecule has 0 aliphatic rings. The van der Waals surface area contributed by atoms with Crippen LogP contribution in [-0.4, -0.2) is 26.9 Å². The van der Waals surface area contributed by atoms with Gasteiger partial charge in [-0.2, -0.15) is 11.1 Å². The van der Waals surface area contributed by atoms with E-state index in [1.54, 1.807) is 0 Å². The molecule has 70 valence electrons. The molecular weight excluding hydrogens is 170 g/mol. The van der Waals surface area contributed by atoms with Crippen LogP contribution in [0, 0.1) is 0 Å². The highest BCUT2D eigenvalue weighted by molar-refractivity contribution is 8.14. The Balaban J connectivity index is 2.92. The van der Waals surface area contributed by atoms with Crippen LogP contribution in [0.25, 0.3) is 0 Å². The van der Waals surface area contributed by atoms with Gasteiger partial charge in [-0.25, -0.2) is 4.09 Å². The van der Waals surface area contributed by atoms with Crippen molar-refractivity contribution in [3.05, 3.63) is 11.9 Å². The van der Waals surface area contributed by atoms with Crippen molar-refractivity contribution < 1.29 is 0 Å². The molecule has 0 fully saturated rings. The third-order valence-corrected chi connectivity index (χ3v) is 2.68. The van der Waals surface area contributed by atoms with Crippen molar-refractivity contribution in [1.29, 1.82) is 0 Å². The van der Waals surface area contributed by atoms with Gasteiger partial charge in [-0.1, -0.05) is 26.0 Å². The van der Waals surface area contributed by atoms with Gasteiger partial charge in [-0.15, -0.1) is 5.10 Å². The molecule has 0 N–H and O–H groups in total. The van der Waals surface area contributed by atoms with Gasteiger partial charge in [0, 0.05) is 5.41 Å². The average Bonchev–Trinajstić information content (AvgIpc) is 2.30. The van der Waals surface area contributed by atoms with E-state index in [1.807, 2.05) is 10.3 Å². The van der Waals surface area contributed by atoms with Gasteiger partial charge in [0.1, 0.15) is 0 Å². The second kappa shape index (κ2) is 3.09. The van der Waals surface area contributed by atoms with Gasteiger partial charge >= 0.3 is 0 Å². The summed E-state index contributed by atoms with van der Waals surface area (Å²) in [5, 5.41) is 8.22. The van der Waals surface area contributed by atoms with Crippen molar-refractivity contribution in [1.82, 2.24) is 14.4 Å². The standard InChI is InChI=1S/C8H17N3S/c1-8(2,3)7-6-11(10-9-7)12(4)5/h6,12H,1-5H3. The van der Waals surface area contributed by atoms with E-state index in [1.165, 1.54) is 0 Å². The molecule has 0 aliphatic heterocycles. The Morgan fingerprint density at radius 2 is 1.92 bits per heavy atom. The highest BCUT2D eigenvalue weighted by Gasteiger charge is 2.17. The molecule has 4 heteroatoms. The van der Waals surface area contributed by atoms with E-state index in [2.05, 4.69) is 43.6 Å². The lowest BCUT2D eigenvalue weighted by Crippen LogP contribution is -2.11. The van der Waals surface area contributed by atoms with Gasteiger partial charge < -0.3 is 0 Å². The molecule has 0 unspecified atom stereocenters. The van der Waals surface area contributed by atoms with Gasteiger partial charge in [-0.3, -0.25) is 0 Å². The summed E-state index contributed by atoms with van der Waals surface area (Å²) in [5.41, 5.74) is 1.18. The minimum Gasteiger partial charge on any atom is -0.216 e. The Hall–Kier alpha value is -0.510. The number of nitrogens with zero attached hydrogens (tertiary/aromatic N) is 3. The molecule has 0 bridgehead atoms. The normalized spacial score (nSPS) is 13.2. The molecule has 1 heterocycles. The smallest absolute Gasteiger partial charge is 0.0890 e. The molecule has 0 saturated carbocycles. The molecule has 0 aliphatic carbocycles. The van der Waals surface area contributed by atoms with Crippen LogP contribution in [0.4, 0.5) is 0 Å². The summed E-state index contributed by atoms with van der Waals surface area (Å²) in [6.45, 7) is 6.44. The second-order valence-electron chi connectivity index (χ2n) is 4.12. The summed E-state index contributed by atoms with van der Waals surface area (Å²) in [4.78, 5) is 0. The number of hydrogen-bond acceptors (Lipinski definition) is 2. The molecule has 1 aromatic heterocycles. The van der Waals surface area contributed by atoms with Gasteiger partial charge in [0.05, 0.1) is 11.9 Å². The van der Waals surface area contributed by atoms with Crippen LogP contribution in [0.3, 0.4) is 0 Å². The topological polar surface area (TPSA) is 30.7 Å². The molecule has 12 heavy (non-hydrogen) atoms. The fraction of sp³-hybridized carbons (Fsp3) is 0.750. The molecule has 0 atom stereocenters. The van der Waals surface area contributed by atoms with E-state index in [9.17, 15) is 0 Å². The highest BCUT2D eigenvalue weighted by Crippen LogP contribution is 2.22. The van der Waals surface area contributed by atoms with Crippen molar-refractivity contribution in [2.45, 2.75) is 26.2 Å². The predicted molar refractivity (Wildman–Crippen MR) is 55.0 cm³/mol. The van der Waals surface area contributed by atoms with E-state index in [-0.39, 0.29) is 16.5 Å². The second-order valence-corrected chi connectivity index (χ2v) is 6.23. The van der Waals surface area contributed by atoms with E-state index in [0.29, 0.717) is 0 Å². The fourth-order valence-electron chi connectivity index (χ4n) is 0.794. The third kappa shape index (κ3) is 2.00. The molecular formula is C8H17N3S. The molecule has 0 saturated heterocycles. The zero-order valence-corrected chi connectivity index (χ0v) is 9.26. The molecule has 3 nitrogen and oxygen atoms in total. The zero-order chi connectivity index (χ0) is 9.35. The lowest BCUT2D eigenvalue weighted by molar-refractivity contribution is 0.566. The fourth-order valence-corrected chi connectivity index (χ4v) is 1.33. The Kier molecular flexibility index (Phi) is 2.46. The number of thiol groups is 1. The Morgan fingerprint density at radius 3 is 2.17 bits per heavy atom. The first kappa shape index (κ1) is 9.58. The van der Waals surface area contributed by atoms with Gasteiger partial charge in [0.25, 0.3) is 0 Å².